The average molecular weight is 250 g/mol. The number of nitrogens with zero attached hydrogens (tertiary/aromatic N) is 2. The van der Waals surface area contributed by atoms with Crippen LogP contribution < -0.4 is 5.32 Å². The van der Waals surface area contributed by atoms with Gasteiger partial charge in [-0.2, -0.15) is 4.98 Å². The van der Waals surface area contributed by atoms with E-state index in [0.29, 0.717) is 16.6 Å². The van der Waals surface area contributed by atoms with Gasteiger partial charge in [-0.3, -0.25) is 15.2 Å². The van der Waals surface area contributed by atoms with E-state index >= 15 is 0 Å². The van der Waals surface area contributed by atoms with E-state index in [9.17, 15) is 4.79 Å². The maximum Gasteiger partial charge on any atom is 0.268 e. The molecule has 2 aromatic heterocycles. The molecule has 0 spiro atoms. The molecule has 6 heteroatoms. The highest BCUT2D eigenvalue weighted by Crippen LogP contribution is 2.22. The van der Waals surface area contributed by atoms with Crippen molar-refractivity contribution in [1.29, 1.82) is 0 Å². The number of aryl methyl sites for hydroxylation is 3. The number of thiophene rings is 1. The molecule has 0 fully saturated rings. The lowest BCUT2D eigenvalue weighted by Crippen LogP contribution is -2.11. The molecule has 0 aliphatic rings. The van der Waals surface area contributed by atoms with Gasteiger partial charge in [0.25, 0.3) is 5.91 Å². The van der Waals surface area contributed by atoms with E-state index in [0.717, 1.165) is 12.0 Å². The summed E-state index contributed by atoms with van der Waals surface area (Å²) in [6.45, 7) is 5.88. The predicted molar refractivity (Wildman–Crippen MR) is 67.5 cm³/mol. The molecule has 5 nitrogen and oxygen atoms in total. The van der Waals surface area contributed by atoms with Crippen molar-refractivity contribution in [2.75, 3.05) is 5.32 Å². The van der Waals surface area contributed by atoms with Gasteiger partial charge >= 0.3 is 0 Å². The smallest absolute Gasteiger partial charge is 0.268 e. The van der Waals surface area contributed by atoms with Gasteiger partial charge in [-0.1, -0.05) is 6.92 Å². The van der Waals surface area contributed by atoms with E-state index in [2.05, 4.69) is 27.4 Å². The third kappa shape index (κ3) is 2.52. The van der Waals surface area contributed by atoms with Gasteiger partial charge in [0.1, 0.15) is 5.82 Å². The molecule has 2 heterocycles. The van der Waals surface area contributed by atoms with Crippen molar-refractivity contribution in [3.8, 4) is 0 Å². The van der Waals surface area contributed by atoms with Gasteiger partial charge in [0.2, 0.25) is 5.95 Å². The molecular formula is C11H14N4OS. The number of hydrogen-bond acceptors (Lipinski definition) is 4. The Morgan fingerprint density at radius 1 is 1.53 bits per heavy atom. The zero-order chi connectivity index (χ0) is 12.4. The molecule has 0 bridgehead atoms. The Morgan fingerprint density at radius 2 is 2.29 bits per heavy atom. The van der Waals surface area contributed by atoms with E-state index in [4.69, 9.17) is 0 Å². The van der Waals surface area contributed by atoms with E-state index in [1.807, 2.05) is 13.0 Å². The third-order valence-electron chi connectivity index (χ3n) is 2.39. The van der Waals surface area contributed by atoms with E-state index in [1.165, 1.54) is 16.2 Å². The van der Waals surface area contributed by atoms with Gasteiger partial charge in [-0.05, 0) is 31.9 Å². The van der Waals surface area contributed by atoms with Crippen molar-refractivity contribution in [3.63, 3.8) is 0 Å². The molecule has 0 atom stereocenters. The standard InChI is InChI=1S/C11H14N4OS/c1-4-8-6(2)5-9(17-8)10(16)13-11-12-7(3)14-15-11/h5H,4H2,1-3H3,(H2,12,13,14,15,16). The Bertz CT molecular complexity index is 543. The van der Waals surface area contributed by atoms with E-state index < -0.39 is 0 Å². The number of carbonyl (C=O) groups excluding carboxylic acids is 1. The lowest BCUT2D eigenvalue weighted by Gasteiger charge is -1.96. The molecule has 0 saturated heterocycles. The van der Waals surface area contributed by atoms with Crippen LogP contribution in [0.5, 0.6) is 0 Å². The van der Waals surface area contributed by atoms with Crippen molar-refractivity contribution in [2.24, 2.45) is 0 Å². The zero-order valence-electron chi connectivity index (χ0n) is 10.00. The first kappa shape index (κ1) is 11.8. The van der Waals surface area contributed by atoms with Crippen molar-refractivity contribution >= 4 is 23.2 Å². The molecule has 0 saturated carbocycles. The van der Waals surface area contributed by atoms with Gasteiger partial charge in [-0.15, -0.1) is 16.4 Å². The van der Waals surface area contributed by atoms with Crippen LogP contribution in [0.1, 0.15) is 32.9 Å². The molecule has 0 aromatic carbocycles. The second-order valence-electron chi connectivity index (χ2n) is 3.77. The van der Waals surface area contributed by atoms with E-state index in [1.54, 1.807) is 6.92 Å². The summed E-state index contributed by atoms with van der Waals surface area (Å²) >= 11 is 1.52. The molecule has 90 valence electrons. The largest absolute Gasteiger partial charge is 0.288 e. The van der Waals surface area contributed by atoms with Crippen molar-refractivity contribution < 1.29 is 4.79 Å². The lowest BCUT2D eigenvalue weighted by atomic mass is 10.2. The van der Waals surface area contributed by atoms with Gasteiger partial charge < -0.3 is 0 Å². The van der Waals surface area contributed by atoms with Crippen LogP contribution in [0.25, 0.3) is 0 Å². The molecule has 0 radical (unpaired) electrons. The summed E-state index contributed by atoms with van der Waals surface area (Å²) in [4.78, 5) is 17.9. The Labute approximate surface area is 103 Å². The molecule has 1 amide bonds. The number of nitrogens with one attached hydrogen (secondary N) is 2. The number of hydrogen-bond donors (Lipinski definition) is 2. The van der Waals surface area contributed by atoms with Crippen LogP contribution in [0.3, 0.4) is 0 Å². The summed E-state index contributed by atoms with van der Waals surface area (Å²) in [5, 5.41) is 9.21. The minimum absolute atomic E-state index is 0.156. The topological polar surface area (TPSA) is 70.7 Å². The lowest BCUT2D eigenvalue weighted by molar-refractivity contribution is 0.102. The van der Waals surface area contributed by atoms with Crippen LogP contribution >= 0.6 is 11.3 Å². The van der Waals surface area contributed by atoms with Crippen LogP contribution in [0.4, 0.5) is 5.95 Å². The highest BCUT2D eigenvalue weighted by Gasteiger charge is 2.13. The first-order chi connectivity index (χ1) is 8.10. The minimum Gasteiger partial charge on any atom is -0.288 e. The first-order valence-corrected chi connectivity index (χ1v) is 6.21. The quantitative estimate of drug-likeness (QED) is 0.878. The number of aromatic nitrogens is 3. The SMILES string of the molecule is CCc1sc(C(=O)Nc2n[nH]c(C)n2)cc1C. The highest BCUT2D eigenvalue weighted by atomic mass is 32.1. The third-order valence-corrected chi connectivity index (χ3v) is 3.77. The van der Waals surface area contributed by atoms with Crippen molar-refractivity contribution in [3.05, 3.63) is 27.2 Å². The molecule has 2 N–H and O–H groups in total. The number of H-pyrrole nitrogens is 1. The van der Waals surface area contributed by atoms with Crippen LogP contribution in [-0.2, 0) is 6.42 Å². The average Bonchev–Trinajstić information content (AvgIpc) is 2.85. The van der Waals surface area contributed by atoms with Gasteiger partial charge in [0.15, 0.2) is 0 Å². The highest BCUT2D eigenvalue weighted by molar-refractivity contribution is 7.14. The fraction of sp³-hybridized carbons (Fsp3) is 0.364. The number of aromatic amines is 1. The number of anilines is 1. The van der Waals surface area contributed by atoms with Gasteiger partial charge in [0, 0.05) is 4.88 Å². The Hall–Kier alpha value is -1.69. The summed E-state index contributed by atoms with van der Waals surface area (Å²) in [5.41, 5.74) is 1.16. The van der Waals surface area contributed by atoms with E-state index in [-0.39, 0.29) is 5.91 Å². The summed E-state index contributed by atoms with van der Waals surface area (Å²) in [7, 11) is 0. The fourth-order valence-corrected chi connectivity index (χ4v) is 2.55. The monoisotopic (exact) mass is 250 g/mol. The van der Waals surface area contributed by atoms with Crippen LogP contribution in [0.15, 0.2) is 6.07 Å². The summed E-state index contributed by atoms with van der Waals surface area (Å²) < 4.78 is 0. The molecular weight excluding hydrogens is 236 g/mol. The number of amides is 1. The van der Waals surface area contributed by atoms with Gasteiger partial charge in [-0.25, -0.2) is 0 Å². The summed E-state index contributed by atoms with van der Waals surface area (Å²) in [6.07, 6.45) is 0.948. The fourth-order valence-electron chi connectivity index (χ4n) is 1.54. The van der Waals surface area contributed by atoms with Crippen molar-refractivity contribution in [1.82, 2.24) is 15.2 Å². The maximum atomic E-state index is 11.9. The molecule has 0 unspecified atom stereocenters. The minimum atomic E-state index is -0.156. The second-order valence-corrected chi connectivity index (χ2v) is 4.91. The number of carbonyl (C=O) groups is 1. The van der Waals surface area contributed by atoms with Crippen LogP contribution in [-0.4, -0.2) is 21.1 Å². The Morgan fingerprint density at radius 3 is 2.82 bits per heavy atom. The molecule has 2 aromatic rings. The first-order valence-electron chi connectivity index (χ1n) is 5.39. The van der Waals surface area contributed by atoms with Crippen molar-refractivity contribution in [2.45, 2.75) is 27.2 Å². The summed E-state index contributed by atoms with van der Waals surface area (Å²) in [5.74, 6) is 0.838. The molecule has 2 rings (SSSR count). The second kappa shape index (κ2) is 4.67. The molecule has 0 aliphatic heterocycles. The molecule has 0 aliphatic carbocycles. The summed E-state index contributed by atoms with van der Waals surface area (Å²) in [6, 6.07) is 1.90. The Balaban J connectivity index is 2.14. The van der Waals surface area contributed by atoms with Gasteiger partial charge in [0.05, 0.1) is 4.88 Å². The maximum absolute atomic E-state index is 11.9. The Kier molecular flexibility index (Phi) is 3.23. The molecule has 17 heavy (non-hydrogen) atoms. The van der Waals surface area contributed by atoms with Crippen LogP contribution in [0, 0.1) is 13.8 Å². The zero-order valence-corrected chi connectivity index (χ0v) is 10.8. The predicted octanol–water partition coefficient (Wildman–Crippen LogP) is 2.30. The van der Waals surface area contributed by atoms with Crippen LogP contribution in [0.2, 0.25) is 0 Å². The number of rotatable bonds is 3. The normalized spacial score (nSPS) is 10.5.